The van der Waals surface area contributed by atoms with Crippen molar-refractivity contribution in [1.29, 1.82) is 0 Å². The van der Waals surface area contributed by atoms with Crippen LogP contribution in [0.2, 0.25) is 0 Å². The average Bonchev–Trinajstić information content (AvgIpc) is 3.06. The van der Waals surface area contributed by atoms with Crippen LogP contribution < -0.4 is 5.56 Å². The van der Waals surface area contributed by atoms with E-state index in [1.165, 1.54) is 31.4 Å². The molecule has 0 unspecified atom stereocenters. The lowest BCUT2D eigenvalue weighted by atomic mass is 9.95. The molecule has 1 saturated carbocycles. The lowest BCUT2D eigenvalue weighted by Gasteiger charge is -2.24. The fraction of sp³-hybridized carbons (Fsp3) is 0.318. The van der Waals surface area contributed by atoms with Crippen LogP contribution in [0, 0.1) is 12.7 Å². The smallest absolute Gasteiger partial charge is 0.261 e. The first kappa shape index (κ1) is 17.1. The largest absolute Gasteiger partial charge is 0.312 e. The highest BCUT2D eigenvalue weighted by Crippen LogP contribution is 2.30. The molecule has 1 aromatic carbocycles. The molecule has 0 amide bonds. The Morgan fingerprint density at radius 1 is 1.07 bits per heavy atom. The van der Waals surface area contributed by atoms with Crippen LogP contribution in [-0.2, 0) is 0 Å². The molecule has 142 valence electrons. The topological polar surface area (TPSA) is 52.2 Å². The molecule has 1 fully saturated rings. The van der Waals surface area contributed by atoms with Gasteiger partial charge >= 0.3 is 0 Å². The summed E-state index contributed by atoms with van der Waals surface area (Å²) >= 11 is 0. The molecule has 0 spiro atoms. The van der Waals surface area contributed by atoms with Gasteiger partial charge < -0.3 is 4.57 Å². The van der Waals surface area contributed by atoms with E-state index in [1.807, 2.05) is 23.8 Å². The summed E-state index contributed by atoms with van der Waals surface area (Å²) in [6.45, 7) is 1.91. The Balaban J connectivity index is 1.70. The van der Waals surface area contributed by atoms with Crippen molar-refractivity contribution in [2.45, 2.75) is 45.1 Å². The number of fused-ring (bicyclic) bond motifs is 3. The fourth-order valence-corrected chi connectivity index (χ4v) is 4.39. The van der Waals surface area contributed by atoms with Gasteiger partial charge in [-0.1, -0.05) is 31.4 Å². The van der Waals surface area contributed by atoms with Gasteiger partial charge in [0.25, 0.3) is 5.56 Å². The van der Waals surface area contributed by atoms with Crippen molar-refractivity contribution < 1.29 is 4.39 Å². The Labute approximate surface area is 161 Å². The predicted molar refractivity (Wildman–Crippen MR) is 107 cm³/mol. The van der Waals surface area contributed by atoms with Gasteiger partial charge in [-0.15, -0.1) is 0 Å². The molecule has 0 atom stereocenters. The maximum Gasteiger partial charge on any atom is 0.261 e. The third-order valence-electron chi connectivity index (χ3n) is 5.82. The molecule has 5 rings (SSSR count). The molecule has 0 aliphatic heterocycles. The first-order valence-corrected chi connectivity index (χ1v) is 9.78. The Kier molecular flexibility index (Phi) is 4.00. The van der Waals surface area contributed by atoms with Crippen LogP contribution in [0.1, 0.15) is 43.8 Å². The number of aromatic nitrogens is 4. The summed E-state index contributed by atoms with van der Waals surface area (Å²) < 4.78 is 16.9. The highest BCUT2D eigenvalue weighted by Gasteiger charge is 2.20. The highest BCUT2D eigenvalue weighted by atomic mass is 19.1. The van der Waals surface area contributed by atoms with Crippen molar-refractivity contribution in [3.05, 3.63) is 64.6 Å². The lowest BCUT2D eigenvalue weighted by Crippen LogP contribution is -2.26. The number of aryl methyl sites for hydroxylation is 1. The molecule has 0 bridgehead atoms. The van der Waals surface area contributed by atoms with Gasteiger partial charge in [0, 0.05) is 24.0 Å². The number of hydrogen-bond acceptors (Lipinski definition) is 3. The van der Waals surface area contributed by atoms with Crippen LogP contribution >= 0.6 is 0 Å². The highest BCUT2D eigenvalue weighted by molar-refractivity contribution is 5.86. The van der Waals surface area contributed by atoms with E-state index < -0.39 is 0 Å². The number of nitrogens with zero attached hydrogens (tertiary/aromatic N) is 4. The van der Waals surface area contributed by atoms with Gasteiger partial charge in [-0.2, -0.15) is 5.10 Å². The molecule has 4 aromatic rings. The molecule has 1 aliphatic rings. The summed E-state index contributed by atoms with van der Waals surface area (Å²) in [7, 11) is 0. The average molecular weight is 376 g/mol. The van der Waals surface area contributed by atoms with Crippen molar-refractivity contribution in [3.63, 3.8) is 0 Å². The summed E-state index contributed by atoms with van der Waals surface area (Å²) in [5.41, 5.74) is 3.93. The van der Waals surface area contributed by atoms with Crippen molar-refractivity contribution in [2.75, 3.05) is 0 Å². The zero-order valence-corrected chi connectivity index (χ0v) is 15.7. The van der Waals surface area contributed by atoms with Crippen LogP contribution in [0.4, 0.5) is 4.39 Å². The zero-order chi connectivity index (χ0) is 19.3. The van der Waals surface area contributed by atoms with Gasteiger partial charge in [0.15, 0.2) is 5.65 Å². The number of rotatable bonds is 2. The Hall–Kier alpha value is -3.02. The molecule has 1 aliphatic carbocycles. The van der Waals surface area contributed by atoms with Crippen LogP contribution in [0.5, 0.6) is 0 Å². The normalized spacial score (nSPS) is 15.5. The molecule has 0 saturated heterocycles. The quantitative estimate of drug-likeness (QED) is 0.511. The van der Waals surface area contributed by atoms with Crippen molar-refractivity contribution >= 4 is 16.6 Å². The molecule has 6 heteroatoms. The molecule has 28 heavy (non-hydrogen) atoms. The Morgan fingerprint density at radius 2 is 1.82 bits per heavy atom. The molecular weight excluding hydrogens is 355 g/mol. The van der Waals surface area contributed by atoms with Gasteiger partial charge in [-0.05, 0) is 43.5 Å². The third kappa shape index (κ3) is 2.63. The van der Waals surface area contributed by atoms with E-state index in [9.17, 15) is 9.18 Å². The van der Waals surface area contributed by atoms with Gasteiger partial charge in [-0.25, -0.2) is 13.9 Å². The van der Waals surface area contributed by atoms with Crippen LogP contribution in [0.3, 0.4) is 0 Å². The maximum atomic E-state index is 13.3. The molecule has 5 nitrogen and oxygen atoms in total. The first-order chi connectivity index (χ1) is 13.6. The van der Waals surface area contributed by atoms with E-state index in [0.29, 0.717) is 11.0 Å². The summed E-state index contributed by atoms with van der Waals surface area (Å²) in [6, 6.07) is 8.56. The molecule has 3 aromatic heterocycles. The summed E-state index contributed by atoms with van der Waals surface area (Å²) in [5, 5.41) is 5.21. The second kappa shape index (κ2) is 6.55. The van der Waals surface area contributed by atoms with Gasteiger partial charge in [0.05, 0.1) is 16.6 Å². The predicted octanol–water partition coefficient (Wildman–Crippen LogP) is 4.66. The van der Waals surface area contributed by atoms with E-state index in [0.717, 1.165) is 35.2 Å². The number of halogens is 1. The molecular formula is C22H21FN4O. The first-order valence-electron chi connectivity index (χ1n) is 9.78. The summed E-state index contributed by atoms with van der Waals surface area (Å²) in [4.78, 5) is 17.7. The van der Waals surface area contributed by atoms with E-state index in [1.54, 1.807) is 22.8 Å². The van der Waals surface area contributed by atoms with Crippen LogP contribution in [-0.4, -0.2) is 19.2 Å². The zero-order valence-electron chi connectivity index (χ0n) is 15.7. The van der Waals surface area contributed by atoms with Crippen LogP contribution in [0.15, 0.2) is 47.5 Å². The lowest BCUT2D eigenvalue weighted by molar-refractivity contribution is 0.347. The maximum absolute atomic E-state index is 13.3. The van der Waals surface area contributed by atoms with E-state index in [-0.39, 0.29) is 17.4 Å². The van der Waals surface area contributed by atoms with Crippen molar-refractivity contribution in [3.8, 4) is 11.1 Å². The fourth-order valence-electron chi connectivity index (χ4n) is 4.39. The van der Waals surface area contributed by atoms with Gasteiger partial charge in [-0.3, -0.25) is 4.79 Å². The number of hydrogen-bond donors (Lipinski definition) is 0. The second-order valence-corrected chi connectivity index (χ2v) is 7.58. The number of benzene rings is 1. The molecule has 0 N–H and O–H groups in total. The summed E-state index contributed by atoms with van der Waals surface area (Å²) in [5.74, 6) is -0.278. The van der Waals surface area contributed by atoms with E-state index in [2.05, 4.69) is 10.1 Å². The SMILES string of the molecule is Cc1nn2c(ncc3c(=O)n(C4CCCCC4)ccc32)c1-c1ccc(F)cc1. The summed E-state index contributed by atoms with van der Waals surface area (Å²) in [6.07, 6.45) is 9.25. The molecule has 3 heterocycles. The minimum atomic E-state index is -0.278. The Morgan fingerprint density at radius 3 is 2.57 bits per heavy atom. The number of pyridine rings is 1. The van der Waals surface area contributed by atoms with E-state index in [4.69, 9.17) is 0 Å². The van der Waals surface area contributed by atoms with Crippen molar-refractivity contribution in [2.24, 2.45) is 0 Å². The monoisotopic (exact) mass is 376 g/mol. The molecule has 0 radical (unpaired) electrons. The standard InChI is InChI=1S/C22H21FN4O/c1-14-20(15-7-9-16(23)10-8-15)21-24-13-18-19(27(21)25-14)11-12-26(22(18)28)17-5-3-2-4-6-17/h7-13,17H,2-6H2,1H3. The minimum absolute atomic E-state index is 0.00437. The Bertz CT molecular complexity index is 1230. The van der Waals surface area contributed by atoms with Gasteiger partial charge in [0.2, 0.25) is 0 Å². The minimum Gasteiger partial charge on any atom is -0.312 e. The van der Waals surface area contributed by atoms with E-state index >= 15 is 0 Å². The van der Waals surface area contributed by atoms with Crippen LogP contribution in [0.25, 0.3) is 27.7 Å². The van der Waals surface area contributed by atoms with Crippen molar-refractivity contribution in [1.82, 2.24) is 19.2 Å². The second-order valence-electron chi connectivity index (χ2n) is 7.58. The third-order valence-corrected chi connectivity index (χ3v) is 5.82. The van der Waals surface area contributed by atoms with Gasteiger partial charge in [0.1, 0.15) is 5.82 Å².